The fourth-order valence-corrected chi connectivity index (χ4v) is 1.80. The van der Waals surface area contributed by atoms with Crippen molar-refractivity contribution in [1.29, 1.82) is 0 Å². The Bertz CT molecular complexity index is 213. The molecule has 1 atom stereocenters. The zero-order chi connectivity index (χ0) is 8.81. The number of hydrogen-bond acceptors (Lipinski definition) is 3. The minimum absolute atomic E-state index is 0.447. The molecule has 0 aliphatic heterocycles. The van der Waals surface area contributed by atoms with Gasteiger partial charge in [0.25, 0.3) is 0 Å². The topological polar surface area (TPSA) is 24.9 Å². The third-order valence-corrected chi connectivity index (χ3v) is 2.46. The molecule has 1 rings (SSSR count). The average molecular weight is 182 g/mol. The van der Waals surface area contributed by atoms with Gasteiger partial charge in [0.1, 0.15) is 0 Å². The Labute approximate surface area is 77.8 Å². The van der Waals surface area contributed by atoms with Crippen LogP contribution >= 0.6 is 11.8 Å². The number of nitrogens with zero attached hydrogens (tertiary/aromatic N) is 1. The van der Waals surface area contributed by atoms with E-state index in [1.807, 2.05) is 31.2 Å². The molecule has 1 heterocycles. The van der Waals surface area contributed by atoms with Gasteiger partial charge in [0, 0.05) is 24.2 Å². The molecule has 0 fully saturated rings. The van der Waals surface area contributed by atoms with Crippen LogP contribution in [-0.4, -0.2) is 24.0 Å². The Morgan fingerprint density at radius 3 is 2.67 bits per heavy atom. The molecule has 0 bridgehead atoms. The van der Waals surface area contributed by atoms with E-state index >= 15 is 0 Å². The summed E-state index contributed by atoms with van der Waals surface area (Å²) in [4.78, 5) is 3.99. The van der Waals surface area contributed by atoms with Gasteiger partial charge in [-0.15, -0.1) is 0 Å². The summed E-state index contributed by atoms with van der Waals surface area (Å²) in [5.41, 5.74) is 1.31. The van der Waals surface area contributed by atoms with Gasteiger partial charge in [-0.1, -0.05) is 0 Å². The van der Waals surface area contributed by atoms with Gasteiger partial charge in [0.15, 0.2) is 0 Å². The molecule has 0 spiro atoms. The van der Waals surface area contributed by atoms with Gasteiger partial charge in [-0.3, -0.25) is 4.98 Å². The average Bonchev–Trinajstić information content (AvgIpc) is 2.15. The quantitative estimate of drug-likeness (QED) is 0.767. The molecule has 3 heteroatoms. The molecule has 2 nitrogen and oxygen atoms in total. The standard InChI is InChI=1S/C9H14N2S/c1-10-9(7-12-2)8-3-5-11-6-4-8/h3-6,9-10H,7H2,1-2H3. The lowest BCUT2D eigenvalue weighted by molar-refractivity contribution is 0.661. The molecule has 0 radical (unpaired) electrons. The van der Waals surface area contributed by atoms with Crippen LogP contribution in [0, 0.1) is 0 Å². The van der Waals surface area contributed by atoms with Gasteiger partial charge < -0.3 is 5.32 Å². The summed E-state index contributed by atoms with van der Waals surface area (Å²) >= 11 is 1.85. The molecule has 1 aromatic heterocycles. The van der Waals surface area contributed by atoms with Gasteiger partial charge in [-0.05, 0) is 31.0 Å². The predicted octanol–water partition coefficient (Wildman–Crippen LogP) is 1.71. The van der Waals surface area contributed by atoms with Crippen molar-refractivity contribution in [2.24, 2.45) is 0 Å². The van der Waals surface area contributed by atoms with Crippen LogP contribution in [0.25, 0.3) is 0 Å². The van der Waals surface area contributed by atoms with E-state index in [1.54, 1.807) is 0 Å². The molecule has 0 saturated carbocycles. The second-order valence-electron chi connectivity index (χ2n) is 2.58. The van der Waals surface area contributed by atoms with Gasteiger partial charge in [-0.2, -0.15) is 11.8 Å². The number of hydrogen-bond donors (Lipinski definition) is 1. The number of aromatic nitrogens is 1. The highest BCUT2D eigenvalue weighted by Crippen LogP contribution is 2.14. The van der Waals surface area contributed by atoms with E-state index in [1.165, 1.54) is 5.56 Å². The zero-order valence-electron chi connectivity index (χ0n) is 7.45. The molecule has 0 amide bonds. The first-order chi connectivity index (χ1) is 5.88. The van der Waals surface area contributed by atoms with Crippen LogP contribution in [0.4, 0.5) is 0 Å². The summed E-state index contributed by atoms with van der Waals surface area (Å²) < 4.78 is 0. The van der Waals surface area contributed by atoms with Crippen molar-refractivity contribution in [3.05, 3.63) is 30.1 Å². The minimum Gasteiger partial charge on any atom is -0.312 e. The molecule has 12 heavy (non-hydrogen) atoms. The number of rotatable bonds is 4. The summed E-state index contributed by atoms with van der Waals surface area (Å²) in [5.74, 6) is 1.10. The van der Waals surface area contributed by atoms with Gasteiger partial charge in [0.2, 0.25) is 0 Å². The Morgan fingerprint density at radius 2 is 2.17 bits per heavy atom. The largest absolute Gasteiger partial charge is 0.312 e. The van der Waals surface area contributed by atoms with Crippen LogP contribution in [0.2, 0.25) is 0 Å². The lowest BCUT2D eigenvalue weighted by Crippen LogP contribution is -2.18. The van der Waals surface area contributed by atoms with Crippen LogP contribution in [0.3, 0.4) is 0 Å². The molecule has 66 valence electrons. The van der Waals surface area contributed by atoms with Crippen LogP contribution in [0.1, 0.15) is 11.6 Å². The maximum absolute atomic E-state index is 3.99. The van der Waals surface area contributed by atoms with E-state index in [-0.39, 0.29) is 0 Å². The van der Waals surface area contributed by atoms with Crippen LogP contribution < -0.4 is 5.32 Å². The summed E-state index contributed by atoms with van der Waals surface area (Å²) in [7, 11) is 1.99. The third-order valence-electron chi connectivity index (χ3n) is 1.79. The second kappa shape index (κ2) is 5.17. The Hall–Kier alpha value is -0.540. The van der Waals surface area contributed by atoms with Crippen molar-refractivity contribution in [3.63, 3.8) is 0 Å². The monoisotopic (exact) mass is 182 g/mol. The van der Waals surface area contributed by atoms with E-state index in [0.717, 1.165) is 5.75 Å². The fourth-order valence-electron chi connectivity index (χ4n) is 1.11. The molecule has 1 N–H and O–H groups in total. The van der Waals surface area contributed by atoms with E-state index in [2.05, 4.69) is 28.7 Å². The molecule has 0 aliphatic rings. The van der Waals surface area contributed by atoms with Crippen LogP contribution in [-0.2, 0) is 0 Å². The first-order valence-corrected chi connectivity index (χ1v) is 5.34. The number of nitrogens with one attached hydrogen (secondary N) is 1. The van der Waals surface area contributed by atoms with Crippen molar-refractivity contribution >= 4 is 11.8 Å². The lowest BCUT2D eigenvalue weighted by Gasteiger charge is -2.14. The number of pyridine rings is 1. The molecule has 0 aromatic carbocycles. The molecule has 1 aromatic rings. The number of thioether (sulfide) groups is 1. The summed E-state index contributed by atoms with van der Waals surface area (Å²) in [6.45, 7) is 0. The highest BCUT2D eigenvalue weighted by molar-refractivity contribution is 7.98. The van der Waals surface area contributed by atoms with Crippen LogP contribution in [0.15, 0.2) is 24.5 Å². The third kappa shape index (κ3) is 2.50. The summed E-state index contributed by atoms with van der Waals surface area (Å²) in [5, 5.41) is 3.27. The smallest absolute Gasteiger partial charge is 0.0410 e. The SMILES string of the molecule is CNC(CSC)c1ccncc1. The van der Waals surface area contributed by atoms with Crippen molar-refractivity contribution in [3.8, 4) is 0 Å². The van der Waals surface area contributed by atoms with E-state index < -0.39 is 0 Å². The Morgan fingerprint density at radius 1 is 1.50 bits per heavy atom. The first-order valence-electron chi connectivity index (χ1n) is 3.94. The van der Waals surface area contributed by atoms with Crippen molar-refractivity contribution in [2.45, 2.75) is 6.04 Å². The van der Waals surface area contributed by atoms with Gasteiger partial charge in [0.05, 0.1) is 0 Å². The fraction of sp³-hybridized carbons (Fsp3) is 0.444. The molecular weight excluding hydrogens is 168 g/mol. The van der Waals surface area contributed by atoms with E-state index in [9.17, 15) is 0 Å². The minimum atomic E-state index is 0.447. The maximum atomic E-state index is 3.99. The predicted molar refractivity (Wildman–Crippen MR) is 54.4 cm³/mol. The highest BCUT2D eigenvalue weighted by atomic mass is 32.2. The molecular formula is C9H14N2S. The normalized spacial score (nSPS) is 12.8. The van der Waals surface area contributed by atoms with Crippen LogP contribution in [0.5, 0.6) is 0 Å². The molecule has 0 aliphatic carbocycles. The molecule has 0 saturated heterocycles. The highest BCUT2D eigenvalue weighted by Gasteiger charge is 2.06. The summed E-state index contributed by atoms with van der Waals surface area (Å²) in [6.07, 6.45) is 5.78. The van der Waals surface area contributed by atoms with Crippen molar-refractivity contribution in [1.82, 2.24) is 10.3 Å². The van der Waals surface area contributed by atoms with E-state index in [0.29, 0.717) is 6.04 Å². The lowest BCUT2D eigenvalue weighted by atomic mass is 10.1. The first kappa shape index (κ1) is 9.55. The summed E-state index contributed by atoms with van der Waals surface area (Å²) in [6, 6.07) is 4.55. The molecule has 1 unspecified atom stereocenters. The second-order valence-corrected chi connectivity index (χ2v) is 3.49. The van der Waals surface area contributed by atoms with Gasteiger partial charge >= 0.3 is 0 Å². The zero-order valence-corrected chi connectivity index (χ0v) is 8.27. The van der Waals surface area contributed by atoms with Crippen molar-refractivity contribution < 1.29 is 0 Å². The Kier molecular flexibility index (Phi) is 4.11. The van der Waals surface area contributed by atoms with Crippen molar-refractivity contribution in [2.75, 3.05) is 19.1 Å². The maximum Gasteiger partial charge on any atom is 0.0410 e. The van der Waals surface area contributed by atoms with E-state index in [4.69, 9.17) is 0 Å². The Balaban J connectivity index is 2.66. The van der Waals surface area contributed by atoms with Gasteiger partial charge in [-0.25, -0.2) is 0 Å².